The Labute approximate surface area is 104 Å². The zero-order valence-corrected chi connectivity index (χ0v) is 10.5. The van der Waals surface area contributed by atoms with Crippen molar-refractivity contribution in [2.24, 2.45) is 0 Å². The molecule has 17 heavy (non-hydrogen) atoms. The zero-order valence-electron chi connectivity index (χ0n) is 9.68. The van der Waals surface area contributed by atoms with Crippen molar-refractivity contribution in [2.45, 2.75) is 12.6 Å². The van der Waals surface area contributed by atoms with Gasteiger partial charge in [-0.25, -0.2) is 4.98 Å². The highest BCUT2D eigenvalue weighted by molar-refractivity contribution is 7.15. The third-order valence-electron chi connectivity index (χ3n) is 2.64. The lowest BCUT2D eigenvalue weighted by molar-refractivity contribution is -0.138. The number of aromatic nitrogens is 1. The predicted molar refractivity (Wildman–Crippen MR) is 65.6 cm³/mol. The Morgan fingerprint density at radius 3 is 3.29 bits per heavy atom. The van der Waals surface area contributed by atoms with Gasteiger partial charge in [-0.05, 0) is 0 Å². The van der Waals surface area contributed by atoms with Crippen LogP contribution in [0, 0.1) is 0 Å². The third kappa shape index (κ3) is 3.15. The number of rotatable bonds is 3. The van der Waals surface area contributed by atoms with Crippen molar-refractivity contribution in [3.8, 4) is 0 Å². The molecule has 3 N–H and O–H groups in total. The molecule has 1 aromatic rings. The van der Waals surface area contributed by atoms with E-state index in [1.54, 1.807) is 13.2 Å². The molecule has 0 aromatic carbocycles. The van der Waals surface area contributed by atoms with Crippen molar-refractivity contribution in [2.75, 3.05) is 32.5 Å². The van der Waals surface area contributed by atoms with E-state index in [0.29, 0.717) is 18.3 Å². The number of nitrogens with two attached hydrogens (primary N) is 1. The lowest BCUT2D eigenvalue weighted by Gasteiger charge is -2.31. The molecule has 2 rings (SSSR count). The molecule has 1 aliphatic heterocycles. The fraction of sp³-hybridized carbons (Fsp3) is 0.600. The molecule has 94 valence electrons. The summed E-state index contributed by atoms with van der Waals surface area (Å²) in [4.78, 5) is 18.8. The van der Waals surface area contributed by atoms with E-state index in [4.69, 9.17) is 10.5 Å². The van der Waals surface area contributed by atoms with Gasteiger partial charge in [-0.1, -0.05) is 0 Å². The number of morpholine rings is 1. The molecular weight excluding hydrogens is 240 g/mol. The van der Waals surface area contributed by atoms with E-state index in [9.17, 15) is 4.79 Å². The van der Waals surface area contributed by atoms with Gasteiger partial charge in [0.25, 0.3) is 0 Å². The second-order valence-corrected chi connectivity index (χ2v) is 5.02. The molecular formula is C10H16N4O2S. The largest absolute Gasteiger partial charge is 0.375 e. The summed E-state index contributed by atoms with van der Waals surface area (Å²) in [5, 5.41) is 3.18. The summed E-state index contributed by atoms with van der Waals surface area (Å²) >= 11 is 1.48. The van der Waals surface area contributed by atoms with Crippen LogP contribution in [0.3, 0.4) is 0 Å². The summed E-state index contributed by atoms with van der Waals surface area (Å²) < 4.78 is 5.41. The first-order valence-corrected chi connectivity index (χ1v) is 6.26. The van der Waals surface area contributed by atoms with Gasteiger partial charge in [0.1, 0.15) is 6.10 Å². The molecule has 2 heterocycles. The molecule has 6 nitrogen and oxygen atoms in total. The Kier molecular flexibility index (Phi) is 3.93. The van der Waals surface area contributed by atoms with Crippen LogP contribution in [0.25, 0.3) is 0 Å². The minimum Gasteiger partial charge on any atom is -0.375 e. The highest BCUT2D eigenvalue weighted by Crippen LogP contribution is 2.18. The lowest BCUT2D eigenvalue weighted by Crippen LogP contribution is -2.48. The first-order chi connectivity index (χ1) is 8.19. The van der Waals surface area contributed by atoms with Crippen LogP contribution in [0.1, 0.15) is 4.88 Å². The maximum Gasteiger partial charge on any atom is 0.250 e. The maximum atomic E-state index is 11.5. The summed E-state index contributed by atoms with van der Waals surface area (Å²) in [5.74, 6) is -0.0708. The van der Waals surface area contributed by atoms with Crippen LogP contribution in [-0.4, -0.2) is 48.6 Å². The van der Waals surface area contributed by atoms with Crippen LogP contribution in [0.2, 0.25) is 0 Å². The van der Waals surface area contributed by atoms with Crippen LogP contribution in [0.4, 0.5) is 5.13 Å². The first kappa shape index (κ1) is 12.3. The topological polar surface area (TPSA) is 80.5 Å². The summed E-state index contributed by atoms with van der Waals surface area (Å²) in [6, 6.07) is 0. The number of hydrogen-bond donors (Lipinski definition) is 2. The van der Waals surface area contributed by atoms with Crippen LogP contribution in [0.5, 0.6) is 0 Å². The van der Waals surface area contributed by atoms with Gasteiger partial charge < -0.3 is 15.8 Å². The van der Waals surface area contributed by atoms with Crippen molar-refractivity contribution in [3.63, 3.8) is 0 Å². The van der Waals surface area contributed by atoms with E-state index in [-0.39, 0.29) is 12.0 Å². The maximum absolute atomic E-state index is 11.5. The molecule has 0 saturated carbocycles. The standard InChI is InChI=1S/C10H16N4O2S/c1-12-9(15)8-6-14(2-3-16-8)5-7-4-13-10(11)17-7/h4,8H,2-3,5-6H2,1H3,(H2,11,13)(H,12,15). The molecule has 7 heteroatoms. The van der Waals surface area contributed by atoms with Crippen LogP contribution >= 0.6 is 11.3 Å². The van der Waals surface area contributed by atoms with E-state index >= 15 is 0 Å². The summed E-state index contributed by atoms with van der Waals surface area (Å²) in [5.41, 5.74) is 5.58. The van der Waals surface area contributed by atoms with E-state index in [1.165, 1.54) is 11.3 Å². The fourth-order valence-electron chi connectivity index (χ4n) is 1.78. The Balaban J connectivity index is 1.91. The Bertz CT molecular complexity index is 395. The number of ether oxygens (including phenoxy) is 1. The van der Waals surface area contributed by atoms with Gasteiger partial charge in [0.2, 0.25) is 5.91 Å². The Morgan fingerprint density at radius 2 is 2.65 bits per heavy atom. The molecule has 1 aromatic heterocycles. The van der Waals surface area contributed by atoms with Crippen molar-refractivity contribution >= 4 is 22.4 Å². The van der Waals surface area contributed by atoms with Crippen molar-refractivity contribution in [1.29, 1.82) is 0 Å². The van der Waals surface area contributed by atoms with E-state index < -0.39 is 0 Å². The van der Waals surface area contributed by atoms with Crippen molar-refractivity contribution < 1.29 is 9.53 Å². The van der Waals surface area contributed by atoms with Gasteiger partial charge in [0, 0.05) is 37.8 Å². The molecule has 0 radical (unpaired) electrons. The fourth-order valence-corrected chi connectivity index (χ4v) is 2.51. The number of thiazole rings is 1. The predicted octanol–water partition coefficient (Wildman–Crippen LogP) is -0.328. The van der Waals surface area contributed by atoms with Crippen LogP contribution in [0.15, 0.2) is 6.20 Å². The number of carbonyl (C=O) groups is 1. The summed E-state index contributed by atoms with van der Waals surface area (Å²) in [6.45, 7) is 2.78. The number of nitrogen functional groups attached to an aromatic ring is 1. The molecule has 1 amide bonds. The average molecular weight is 256 g/mol. The molecule has 1 fully saturated rings. The van der Waals surface area contributed by atoms with E-state index in [1.807, 2.05) is 0 Å². The van der Waals surface area contributed by atoms with Crippen LogP contribution in [-0.2, 0) is 16.1 Å². The second-order valence-electron chi connectivity index (χ2n) is 3.87. The molecule has 0 aliphatic carbocycles. The summed E-state index contributed by atoms with van der Waals surface area (Å²) in [6.07, 6.45) is 1.41. The first-order valence-electron chi connectivity index (χ1n) is 5.45. The number of likely N-dealkylation sites (N-methyl/N-ethyl adjacent to an activating group) is 1. The van der Waals surface area contributed by atoms with Gasteiger partial charge in [-0.3, -0.25) is 9.69 Å². The van der Waals surface area contributed by atoms with Crippen LogP contribution < -0.4 is 11.1 Å². The summed E-state index contributed by atoms with van der Waals surface area (Å²) in [7, 11) is 1.62. The molecule has 1 saturated heterocycles. The minimum absolute atomic E-state index is 0.0708. The highest BCUT2D eigenvalue weighted by Gasteiger charge is 2.25. The number of anilines is 1. The van der Waals surface area contributed by atoms with Gasteiger partial charge in [-0.2, -0.15) is 0 Å². The van der Waals surface area contributed by atoms with Gasteiger partial charge in [0.05, 0.1) is 6.61 Å². The van der Waals surface area contributed by atoms with E-state index in [2.05, 4.69) is 15.2 Å². The monoisotopic (exact) mass is 256 g/mol. The van der Waals surface area contributed by atoms with Gasteiger partial charge >= 0.3 is 0 Å². The van der Waals surface area contributed by atoms with Crippen molar-refractivity contribution in [3.05, 3.63) is 11.1 Å². The third-order valence-corrected chi connectivity index (χ3v) is 3.45. The van der Waals surface area contributed by atoms with Gasteiger partial charge in [0.15, 0.2) is 5.13 Å². The number of carbonyl (C=O) groups excluding carboxylic acids is 1. The normalized spacial score (nSPS) is 21.4. The average Bonchev–Trinajstić information content (AvgIpc) is 2.74. The lowest BCUT2D eigenvalue weighted by atomic mass is 10.2. The SMILES string of the molecule is CNC(=O)C1CN(Cc2cnc(N)s2)CCO1. The van der Waals surface area contributed by atoms with E-state index in [0.717, 1.165) is 18.0 Å². The Morgan fingerprint density at radius 1 is 1.82 bits per heavy atom. The number of nitrogens with zero attached hydrogens (tertiary/aromatic N) is 2. The number of hydrogen-bond acceptors (Lipinski definition) is 6. The zero-order chi connectivity index (χ0) is 12.3. The minimum atomic E-state index is -0.376. The second kappa shape index (κ2) is 5.44. The number of amides is 1. The molecule has 0 spiro atoms. The Hall–Kier alpha value is -1.18. The van der Waals surface area contributed by atoms with Crippen molar-refractivity contribution in [1.82, 2.24) is 15.2 Å². The molecule has 1 atom stereocenters. The molecule has 1 unspecified atom stereocenters. The number of nitrogens with one attached hydrogen (secondary N) is 1. The van der Waals surface area contributed by atoms with Gasteiger partial charge in [-0.15, -0.1) is 11.3 Å². The smallest absolute Gasteiger partial charge is 0.250 e. The quantitative estimate of drug-likeness (QED) is 0.774. The molecule has 0 bridgehead atoms. The highest BCUT2D eigenvalue weighted by atomic mass is 32.1. The molecule has 1 aliphatic rings.